The van der Waals surface area contributed by atoms with E-state index in [4.69, 9.17) is 75.3 Å². The molecule has 380 valence electrons. The average Bonchev–Trinajstić information content (AvgIpc) is 3.78. The number of amides is 2. The van der Waals surface area contributed by atoms with Gasteiger partial charge in [-0.25, -0.2) is 9.59 Å². The molecule has 18 nitrogen and oxygen atoms in total. The third-order valence-corrected chi connectivity index (χ3v) is 11.6. The van der Waals surface area contributed by atoms with Crippen LogP contribution >= 0.6 is 23.2 Å². The number of hydrogen-bond acceptors (Lipinski definition) is 16. The molecule has 20 heteroatoms. The molecule has 0 radical (unpaired) electrons. The number of carbonyl (C=O) groups is 4. The predicted octanol–water partition coefficient (Wildman–Crippen LogP) is 6.79. The Morgan fingerprint density at radius 2 is 1.30 bits per heavy atom. The van der Waals surface area contributed by atoms with E-state index in [2.05, 4.69) is 36.7 Å². The summed E-state index contributed by atoms with van der Waals surface area (Å²) in [6.45, 7) is 12.9. The van der Waals surface area contributed by atoms with Gasteiger partial charge in [-0.2, -0.15) is 0 Å². The molecule has 3 aromatic carbocycles. The summed E-state index contributed by atoms with van der Waals surface area (Å²) in [5.74, 6) is -2.11. The largest absolute Gasteiger partial charge is 0.511 e. The molecular weight excluding hydrogens is 941 g/mol. The standard InChI is InChI=1S/C49H65Cl2N3O15/c1-32(69-47(58)67-27-26-66-25-24-65-23-22-64-21-20-63-19-18-62-17-16-61-15-14-59-5)68-45(56)34-10-13-38(40(29-34)60-6)52-44(55)43-42(33-8-7-9-35(50)28-33)49(41(54-43)31-48(2,3)4)37-12-11-36(51)30-39(37)53-46(49)57/h7-13,28-30,32,41-43,54H,14-27,31H2,1-6H3,(H,52,55)(H,53,57)/t32?,41-,42-,43+,49?/m0/s1. The molecule has 2 unspecified atom stereocenters. The van der Waals surface area contributed by atoms with Crippen molar-refractivity contribution in [2.75, 3.05) is 117 Å². The lowest BCUT2D eigenvalue weighted by Gasteiger charge is -2.37. The van der Waals surface area contributed by atoms with Gasteiger partial charge in [-0.3, -0.25) is 9.59 Å². The quantitative estimate of drug-likeness (QED) is 0.0372. The topological polar surface area (TPSA) is 206 Å². The lowest BCUT2D eigenvalue weighted by Crippen LogP contribution is -2.49. The van der Waals surface area contributed by atoms with Crippen molar-refractivity contribution in [3.05, 3.63) is 87.4 Å². The van der Waals surface area contributed by atoms with Crippen LogP contribution in [-0.4, -0.2) is 149 Å². The van der Waals surface area contributed by atoms with Crippen molar-refractivity contribution in [3.63, 3.8) is 0 Å². The van der Waals surface area contributed by atoms with Gasteiger partial charge in [-0.1, -0.05) is 62.2 Å². The summed E-state index contributed by atoms with van der Waals surface area (Å²) in [5, 5.41) is 10.5. The van der Waals surface area contributed by atoms with Gasteiger partial charge in [0, 0.05) is 41.7 Å². The highest BCUT2D eigenvalue weighted by Gasteiger charge is 2.65. The lowest BCUT2D eigenvalue weighted by molar-refractivity contribution is -0.122. The lowest BCUT2D eigenvalue weighted by atomic mass is 9.62. The van der Waals surface area contributed by atoms with Crippen molar-refractivity contribution in [1.29, 1.82) is 0 Å². The smallest absolute Gasteiger partial charge is 0.495 e. The van der Waals surface area contributed by atoms with Gasteiger partial charge >= 0.3 is 12.1 Å². The first kappa shape index (κ1) is 55.3. The summed E-state index contributed by atoms with van der Waals surface area (Å²) >= 11 is 12.9. The zero-order chi connectivity index (χ0) is 49.8. The molecule has 0 bridgehead atoms. The zero-order valence-electron chi connectivity index (χ0n) is 40.1. The molecular formula is C49H65Cl2N3O15. The van der Waals surface area contributed by atoms with Gasteiger partial charge in [0.15, 0.2) is 0 Å². The van der Waals surface area contributed by atoms with Gasteiger partial charge in [0.1, 0.15) is 17.8 Å². The Balaban J connectivity index is 1.05. The van der Waals surface area contributed by atoms with Gasteiger partial charge in [-0.15, -0.1) is 0 Å². The number of halogens is 2. The van der Waals surface area contributed by atoms with Crippen LogP contribution in [0.1, 0.15) is 61.5 Å². The highest BCUT2D eigenvalue weighted by Crippen LogP contribution is 2.57. The van der Waals surface area contributed by atoms with Crippen LogP contribution in [0.3, 0.4) is 0 Å². The van der Waals surface area contributed by atoms with Crippen LogP contribution in [0, 0.1) is 5.41 Å². The predicted molar refractivity (Wildman–Crippen MR) is 256 cm³/mol. The van der Waals surface area contributed by atoms with E-state index in [1.807, 2.05) is 12.1 Å². The molecule has 3 aromatic rings. The number of esters is 1. The second-order valence-electron chi connectivity index (χ2n) is 17.3. The van der Waals surface area contributed by atoms with E-state index in [0.717, 1.165) is 5.56 Å². The SMILES string of the molecule is COCCOCCOCCOCCOCCOCCOCCOC(=O)OC(C)OC(=O)c1ccc(NC(=O)[C@@H]2N[C@@H](CC(C)(C)C)C3(C(=O)Nc4cc(Cl)ccc43)[C@H]2c2cccc(Cl)c2)c(OC)c1. The molecule has 0 saturated carbocycles. The van der Waals surface area contributed by atoms with Crippen LogP contribution in [0.2, 0.25) is 10.0 Å². The number of benzene rings is 3. The van der Waals surface area contributed by atoms with Crippen LogP contribution in [0.5, 0.6) is 5.75 Å². The van der Waals surface area contributed by atoms with Crippen molar-refractivity contribution < 1.29 is 71.3 Å². The number of nitrogens with one attached hydrogen (secondary N) is 3. The van der Waals surface area contributed by atoms with E-state index in [-0.39, 0.29) is 48.1 Å². The van der Waals surface area contributed by atoms with Crippen molar-refractivity contribution in [1.82, 2.24) is 5.32 Å². The van der Waals surface area contributed by atoms with Gasteiger partial charge in [0.25, 0.3) is 0 Å². The highest BCUT2D eigenvalue weighted by atomic mass is 35.5. The van der Waals surface area contributed by atoms with Crippen LogP contribution in [0.15, 0.2) is 60.7 Å². The molecule has 2 aliphatic rings. The molecule has 1 fully saturated rings. The molecule has 1 saturated heterocycles. The normalized spacial score (nSPS) is 19.0. The molecule has 0 aromatic heterocycles. The number of anilines is 2. The first-order chi connectivity index (χ1) is 33.2. The summed E-state index contributed by atoms with van der Waals surface area (Å²) < 4.78 is 58.5. The number of hydrogen-bond donors (Lipinski definition) is 3. The summed E-state index contributed by atoms with van der Waals surface area (Å²) in [7, 11) is 3.01. The Kier molecular flexibility index (Phi) is 22.2. The fourth-order valence-electron chi connectivity index (χ4n) is 8.19. The minimum absolute atomic E-state index is 0.0522. The summed E-state index contributed by atoms with van der Waals surface area (Å²) in [5.41, 5.74) is 0.832. The van der Waals surface area contributed by atoms with Crippen molar-refractivity contribution in [3.8, 4) is 5.75 Å². The third-order valence-electron chi connectivity index (χ3n) is 11.1. The minimum Gasteiger partial charge on any atom is -0.495 e. The first-order valence-electron chi connectivity index (χ1n) is 22.8. The Morgan fingerprint density at radius 3 is 1.87 bits per heavy atom. The van der Waals surface area contributed by atoms with Crippen LogP contribution in [0.4, 0.5) is 16.2 Å². The van der Waals surface area contributed by atoms with Crippen LogP contribution in [0.25, 0.3) is 0 Å². The number of methoxy groups -OCH3 is 2. The highest BCUT2D eigenvalue weighted by molar-refractivity contribution is 6.31. The van der Waals surface area contributed by atoms with Crippen LogP contribution < -0.4 is 20.7 Å². The maximum Gasteiger partial charge on any atom is 0.511 e. The molecule has 5 atom stereocenters. The third kappa shape index (κ3) is 16.2. The molecule has 2 heterocycles. The van der Waals surface area contributed by atoms with Gasteiger partial charge in [-0.05, 0) is 65.4 Å². The Labute approximate surface area is 413 Å². The Bertz CT molecular complexity index is 2140. The van der Waals surface area contributed by atoms with Crippen molar-refractivity contribution in [2.45, 2.75) is 63.8 Å². The van der Waals surface area contributed by atoms with Crippen molar-refractivity contribution >= 4 is 58.5 Å². The molecule has 3 N–H and O–H groups in total. The summed E-state index contributed by atoms with van der Waals surface area (Å²) in [6, 6.07) is 15.4. The second-order valence-corrected chi connectivity index (χ2v) is 18.1. The second kappa shape index (κ2) is 27.7. The molecule has 2 aliphatic heterocycles. The molecule has 69 heavy (non-hydrogen) atoms. The number of carbonyl (C=O) groups excluding carboxylic acids is 4. The summed E-state index contributed by atoms with van der Waals surface area (Å²) in [4.78, 5) is 54.5. The maximum atomic E-state index is 14.6. The average molecular weight is 1010 g/mol. The van der Waals surface area contributed by atoms with E-state index in [1.165, 1.54) is 32.2 Å². The van der Waals surface area contributed by atoms with E-state index in [1.54, 1.807) is 37.4 Å². The maximum absolute atomic E-state index is 14.6. The number of rotatable bonds is 29. The van der Waals surface area contributed by atoms with Gasteiger partial charge < -0.3 is 68.1 Å². The Hall–Kier alpha value is -4.60. The number of ether oxygens (including phenoxy) is 11. The number of fused-ring (bicyclic) bond motifs is 2. The molecule has 5 rings (SSSR count). The molecule has 0 aliphatic carbocycles. The first-order valence-corrected chi connectivity index (χ1v) is 23.5. The van der Waals surface area contributed by atoms with E-state index in [9.17, 15) is 19.2 Å². The molecule has 2 amide bonds. The summed E-state index contributed by atoms with van der Waals surface area (Å²) in [6.07, 6.45) is -1.84. The van der Waals surface area contributed by atoms with E-state index >= 15 is 0 Å². The van der Waals surface area contributed by atoms with E-state index in [0.29, 0.717) is 100 Å². The fraction of sp³-hybridized carbons (Fsp3) is 0.551. The van der Waals surface area contributed by atoms with Gasteiger partial charge in [0.05, 0.1) is 110 Å². The molecule has 1 spiro atoms. The van der Waals surface area contributed by atoms with Gasteiger partial charge in [0.2, 0.25) is 18.1 Å². The van der Waals surface area contributed by atoms with E-state index < -0.39 is 47.7 Å². The fourth-order valence-corrected chi connectivity index (χ4v) is 8.57. The monoisotopic (exact) mass is 1010 g/mol. The minimum atomic E-state index is -1.31. The van der Waals surface area contributed by atoms with Crippen molar-refractivity contribution in [2.24, 2.45) is 5.41 Å². The Morgan fingerprint density at radius 1 is 0.725 bits per heavy atom. The van der Waals surface area contributed by atoms with Crippen LogP contribution in [-0.2, 0) is 62.4 Å². The zero-order valence-corrected chi connectivity index (χ0v) is 41.6.